The second-order valence-electron chi connectivity index (χ2n) is 6.98. The number of fused-ring (bicyclic) bond motifs is 2. The lowest BCUT2D eigenvalue weighted by Crippen LogP contribution is -2.51. The van der Waals surface area contributed by atoms with E-state index in [1.54, 1.807) is 12.1 Å². The number of para-hydroxylation sites is 2. The SMILES string of the molecule is Nc1nc(Cl)c(-c2nc3ccccc3o2)c(NC2(O)CCC3C(O)C32O)n1. The van der Waals surface area contributed by atoms with Crippen molar-refractivity contribution in [2.24, 2.45) is 5.92 Å². The molecule has 1 aromatic carbocycles. The molecule has 9 nitrogen and oxygen atoms in total. The van der Waals surface area contributed by atoms with Crippen molar-refractivity contribution in [1.29, 1.82) is 0 Å². The van der Waals surface area contributed by atoms with Gasteiger partial charge in [-0.3, -0.25) is 0 Å². The maximum Gasteiger partial charge on any atom is 0.234 e. The van der Waals surface area contributed by atoms with Gasteiger partial charge < -0.3 is 30.8 Å². The first-order chi connectivity index (χ1) is 12.8. The summed E-state index contributed by atoms with van der Waals surface area (Å²) < 4.78 is 5.75. The molecule has 0 bridgehead atoms. The van der Waals surface area contributed by atoms with E-state index in [2.05, 4.69) is 20.3 Å². The number of hydrogen-bond acceptors (Lipinski definition) is 9. The molecule has 10 heteroatoms. The number of halogens is 1. The molecule has 5 rings (SSSR count). The third-order valence-corrected chi connectivity index (χ3v) is 5.76. The Balaban J connectivity index is 1.63. The van der Waals surface area contributed by atoms with Crippen molar-refractivity contribution in [2.75, 3.05) is 11.1 Å². The number of aromatic nitrogens is 3. The van der Waals surface area contributed by atoms with Gasteiger partial charge in [-0.1, -0.05) is 23.7 Å². The minimum Gasteiger partial charge on any atom is -0.436 e. The van der Waals surface area contributed by atoms with Crippen LogP contribution in [0.5, 0.6) is 0 Å². The minimum absolute atomic E-state index is 0.0157. The molecular formula is C17H16ClN5O4. The molecule has 0 amide bonds. The average Bonchev–Trinajstić information content (AvgIpc) is 2.92. The Morgan fingerprint density at radius 2 is 2.00 bits per heavy atom. The van der Waals surface area contributed by atoms with Gasteiger partial charge in [0.2, 0.25) is 11.8 Å². The molecule has 0 saturated heterocycles. The summed E-state index contributed by atoms with van der Waals surface area (Å²) in [5.41, 5.74) is 3.63. The number of hydrogen-bond donors (Lipinski definition) is 5. The quantitative estimate of drug-likeness (QED) is 0.328. The minimum atomic E-state index is -1.79. The number of nitrogens with zero attached hydrogens (tertiary/aromatic N) is 3. The first-order valence-corrected chi connectivity index (χ1v) is 8.81. The average molecular weight is 390 g/mol. The van der Waals surface area contributed by atoms with Crippen LogP contribution in [0.15, 0.2) is 28.7 Å². The van der Waals surface area contributed by atoms with Gasteiger partial charge in [-0.2, -0.15) is 4.98 Å². The largest absolute Gasteiger partial charge is 0.436 e. The van der Waals surface area contributed by atoms with Gasteiger partial charge >= 0.3 is 0 Å². The summed E-state index contributed by atoms with van der Waals surface area (Å²) in [5, 5.41) is 34.3. The lowest BCUT2D eigenvalue weighted by Gasteiger charge is -2.32. The highest BCUT2D eigenvalue weighted by molar-refractivity contribution is 6.32. The monoisotopic (exact) mass is 389 g/mol. The number of oxazole rings is 1. The Kier molecular flexibility index (Phi) is 3.27. The highest BCUT2D eigenvalue weighted by Gasteiger charge is 2.78. The van der Waals surface area contributed by atoms with Crippen molar-refractivity contribution in [1.82, 2.24) is 15.0 Å². The van der Waals surface area contributed by atoms with E-state index in [1.165, 1.54) is 0 Å². The van der Waals surface area contributed by atoms with Crippen molar-refractivity contribution >= 4 is 34.5 Å². The van der Waals surface area contributed by atoms with E-state index in [0.717, 1.165) is 0 Å². The second kappa shape index (κ2) is 5.29. The van der Waals surface area contributed by atoms with Gasteiger partial charge in [0.1, 0.15) is 27.7 Å². The molecule has 4 atom stereocenters. The molecule has 0 spiro atoms. The Morgan fingerprint density at radius 1 is 1.22 bits per heavy atom. The molecule has 2 aromatic heterocycles. The van der Waals surface area contributed by atoms with Crippen molar-refractivity contribution in [3.8, 4) is 11.5 Å². The predicted octanol–water partition coefficient (Wildman–Crippen LogP) is 1.14. The Labute approximate surface area is 157 Å². The van der Waals surface area contributed by atoms with Crippen molar-refractivity contribution in [2.45, 2.75) is 30.3 Å². The molecule has 0 aliphatic heterocycles. The second-order valence-corrected chi connectivity index (χ2v) is 7.34. The van der Waals surface area contributed by atoms with Gasteiger partial charge in [0.15, 0.2) is 11.3 Å². The number of aliphatic hydroxyl groups is 3. The van der Waals surface area contributed by atoms with E-state index >= 15 is 0 Å². The molecule has 2 fully saturated rings. The molecular weight excluding hydrogens is 374 g/mol. The lowest BCUT2D eigenvalue weighted by atomic mass is 10.0. The zero-order valence-corrected chi connectivity index (χ0v) is 14.7. The molecule has 3 aromatic rings. The van der Waals surface area contributed by atoms with Crippen LogP contribution < -0.4 is 11.1 Å². The van der Waals surface area contributed by atoms with Crippen molar-refractivity contribution in [3.63, 3.8) is 0 Å². The third kappa shape index (κ3) is 2.19. The van der Waals surface area contributed by atoms with Crippen molar-refractivity contribution < 1.29 is 19.7 Å². The van der Waals surface area contributed by atoms with E-state index in [9.17, 15) is 15.3 Å². The number of nitrogens with one attached hydrogen (secondary N) is 1. The molecule has 140 valence electrons. The summed E-state index contributed by atoms with van der Waals surface area (Å²) >= 11 is 6.27. The topological polar surface area (TPSA) is 151 Å². The number of anilines is 2. The summed E-state index contributed by atoms with van der Waals surface area (Å²) in [6.45, 7) is 0. The maximum absolute atomic E-state index is 11.0. The van der Waals surface area contributed by atoms with Crippen LogP contribution in [0.3, 0.4) is 0 Å². The zero-order valence-electron chi connectivity index (χ0n) is 13.9. The first-order valence-electron chi connectivity index (χ1n) is 8.43. The maximum atomic E-state index is 11.0. The lowest BCUT2D eigenvalue weighted by molar-refractivity contribution is -0.0851. The highest BCUT2D eigenvalue weighted by Crippen LogP contribution is 2.61. The molecule has 27 heavy (non-hydrogen) atoms. The van der Waals surface area contributed by atoms with Crippen LogP contribution in [-0.2, 0) is 0 Å². The van der Waals surface area contributed by atoms with E-state index < -0.39 is 23.3 Å². The number of nitrogen functional groups attached to an aromatic ring is 1. The summed E-state index contributed by atoms with van der Waals surface area (Å²) in [6.07, 6.45) is -0.320. The molecule has 2 aliphatic rings. The Bertz CT molecular complexity index is 1040. The van der Waals surface area contributed by atoms with Crippen LogP contribution in [0, 0.1) is 5.92 Å². The predicted molar refractivity (Wildman–Crippen MR) is 96.7 cm³/mol. The van der Waals surface area contributed by atoms with Crippen LogP contribution in [0.25, 0.3) is 22.6 Å². The summed E-state index contributed by atoms with van der Waals surface area (Å²) in [6, 6.07) is 7.16. The van der Waals surface area contributed by atoms with E-state index in [-0.39, 0.29) is 34.8 Å². The Morgan fingerprint density at radius 3 is 2.70 bits per heavy atom. The molecule has 0 radical (unpaired) electrons. The fraction of sp³-hybridized carbons (Fsp3) is 0.353. The van der Waals surface area contributed by atoms with Gasteiger partial charge in [-0.05, 0) is 25.0 Å². The van der Waals surface area contributed by atoms with Crippen LogP contribution in [0.1, 0.15) is 12.8 Å². The summed E-state index contributed by atoms with van der Waals surface area (Å²) in [4.78, 5) is 12.4. The van der Waals surface area contributed by atoms with E-state index in [1.807, 2.05) is 12.1 Å². The van der Waals surface area contributed by atoms with E-state index in [4.69, 9.17) is 21.8 Å². The smallest absolute Gasteiger partial charge is 0.234 e. The van der Waals surface area contributed by atoms with Crippen molar-refractivity contribution in [3.05, 3.63) is 29.4 Å². The number of benzene rings is 1. The van der Waals surface area contributed by atoms with Crippen LogP contribution in [-0.4, -0.2) is 47.7 Å². The molecule has 6 N–H and O–H groups in total. The first kappa shape index (κ1) is 16.7. The van der Waals surface area contributed by atoms with Crippen LogP contribution in [0.2, 0.25) is 5.15 Å². The fourth-order valence-electron chi connectivity index (χ4n) is 3.99. The van der Waals surface area contributed by atoms with E-state index in [0.29, 0.717) is 17.5 Å². The third-order valence-electron chi connectivity index (χ3n) is 5.48. The molecule has 2 saturated carbocycles. The normalized spacial score (nSPS) is 31.9. The fourth-order valence-corrected chi connectivity index (χ4v) is 4.24. The highest BCUT2D eigenvalue weighted by atomic mass is 35.5. The van der Waals surface area contributed by atoms with Crippen LogP contribution in [0.4, 0.5) is 11.8 Å². The molecule has 2 heterocycles. The Hall–Kier alpha value is -2.46. The van der Waals surface area contributed by atoms with Gasteiger partial charge in [-0.15, -0.1) is 0 Å². The molecule has 4 unspecified atom stereocenters. The summed E-state index contributed by atoms with van der Waals surface area (Å²) in [5.74, 6) is -0.304. The van der Waals surface area contributed by atoms with Gasteiger partial charge in [-0.25, -0.2) is 9.97 Å². The van der Waals surface area contributed by atoms with Crippen LogP contribution >= 0.6 is 11.6 Å². The van der Waals surface area contributed by atoms with Gasteiger partial charge in [0, 0.05) is 5.92 Å². The summed E-state index contributed by atoms with van der Waals surface area (Å²) in [7, 11) is 0. The van der Waals surface area contributed by atoms with Gasteiger partial charge in [0.05, 0.1) is 6.10 Å². The zero-order chi connectivity index (χ0) is 19.0. The number of nitrogens with two attached hydrogens (primary N) is 1. The van der Waals surface area contributed by atoms with Gasteiger partial charge in [0.25, 0.3) is 0 Å². The standard InChI is InChI=1S/C17H16ClN5O4/c18-12-10(14-20-8-3-1-2-4-9(8)27-14)13(22-15(19)21-12)23-16(25)6-5-7-11(24)17(7,16)26/h1-4,7,11,24-26H,5-6H2,(H3,19,21,22,23). The number of rotatable bonds is 3. The molecule has 2 aliphatic carbocycles. The number of aliphatic hydroxyl groups excluding tert-OH is 1.